The van der Waals surface area contributed by atoms with Crippen LogP contribution in [0.4, 0.5) is 0 Å². The first kappa shape index (κ1) is 17.7. The molecule has 0 aliphatic heterocycles. The van der Waals surface area contributed by atoms with Crippen LogP contribution < -0.4 is 4.72 Å². The summed E-state index contributed by atoms with van der Waals surface area (Å²) in [6.45, 7) is 8.96. The average molecular weight is 316 g/mol. The molecule has 7 heteroatoms. The predicted octanol–water partition coefficient (Wildman–Crippen LogP) is 2.42. The van der Waals surface area contributed by atoms with Crippen molar-refractivity contribution in [2.45, 2.75) is 65.0 Å². The molecule has 0 radical (unpaired) electrons. The molecule has 1 amide bonds. The van der Waals surface area contributed by atoms with Crippen molar-refractivity contribution in [1.82, 2.24) is 9.88 Å². The summed E-state index contributed by atoms with van der Waals surface area (Å²) in [5.74, 6) is 0.0217. The number of aromatic nitrogens is 1. The van der Waals surface area contributed by atoms with E-state index in [0.717, 1.165) is 17.7 Å². The molecule has 1 aromatic heterocycles. The molecule has 1 N–H and O–H groups in total. The Balaban J connectivity index is 2.70. The van der Waals surface area contributed by atoms with Crippen LogP contribution in [0, 0.1) is 13.8 Å². The summed E-state index contributed by atoms with van der Waals surface area (Å²) in [5, 5.41) is 3.28. The van der Waals surface area contributed by atoms with E-state index in [1.807, 2.05) is 13.8 Å². The van der Waals surface area contributed by atoms with E-state index in [0.29, 0.717) is 12.2 Å². The Kier molecular flexibility index (Phi) is 5.95. The van der Waals surface area contributed by atoms with Gasteiger partial charge in [0.1, 0.15) is 5.76 Å². The number of nitrogens with zero attached hydrogens (tertiary/aromatic N) is 1. The lowest BCUT2D eigenvalue weighted by atomic mass is 9.96. The Morgan fingerprint density at radius 2 is 1.95 bits per heavy atom. The second-order valence-corrected chi connectivity index (χ2v) is 7.61. The molecule has 0 spiro atoms. The molecule has 0 aromatic carbocycles. The maximum Gasteiger partial charge on any atom is 0.237 e. The molecule has 0 saturated carbocycles. The van der Waals surface area contributed by atoms with Gasteiger partial charge in [0.15, 0.2) is 0 Å². The topological polar surface area (TPSA) is 89.3 Å². The zero-order valence-electron chi connectivity index (χ0n) is 13.3. The quantitative estimate of drug-likeness (QED) is 0.834. The van der Waals surface area contributed by atoms with Gasteiger partial charge in [0, 0.05) is 12.0 Å². The largest absolute Gasteiger partial charge is 0.361 e. The fourth-order valence-electron chi connectivity index (χ4n) is 2.44. The van der Waals surface area contributed by atoms with Crippen molar-refractivity contribution in [1.29, 1.82) is 0 Å². The van der Waals surface area contributed by atoms with Gasteiger partial charge in [-0.15, -0.1) is 0 Å². The second-order valence-electron chi connectivity index (χ2n) is 5.51. The van der Waals surface area contributed by atoms with Crippen molar-refractivity contribution in [3.05, 3.63) is 17.0 Å². The molecule has 0 aliphatic rings. The molecule has 0 aliphatic carbocycles. The summed E-state index contributed by atoms with van der Waals surface area (Å²) < 4.78 is 31.2. The molecule has 6 nitrogen and oxygen atoms in total. The summed E-state index contributed by atoms with van der Waals surface area (Å²) in [6, 6.07) is 0. The van der Waals surface area contributed by atoms with Crippen molar-refractivity contribution in [3.8, 4) is 0 Å². The highest BCUT2D eigenvalue weighted by Gasteiger charge is 2.25. The Bertz CT molecular complexity index is 573. The van der Waals surface area contributed by atoms with Crippen molar-refractivity contribution < 1.29 is 17.7 Å². The number of hydrogen-bond donors (Lipinski definition) is 1. The van der Waals surface area contributed by atoms with Crippen LogP contribution in [0.5, 0.6) is 0 Å². The third-order valence-corrected chi connectivity index (χ3v) is 5.36. The van der Waals surface area contributed by atoms with Gasteiger partial charge in [-0.1, -0.05) is 25.4 Å². The standard InChI is InChI=1S/C14H24N2O4S/c1-6-7-10(3)21(18,19)16-13(17)8-9(2)14-11(4)15-20-12(14)5/h9-10H,6-8H2,1-5H3,(H,16,17)/t9-,10+/m1/s1. The van der Waals surface area contributed by atoms with E-state index in [2.05, 4.69) is 9.88 Å². The number of sulfonamides is 1. The van der Waals surface area contributed by atoms with Crippen LogP contribution in [-0.2, 0) is 14.8 Å². The van der Waals surface area contributed by atoms with Gasteiger partial charge in [0.2, 0.25) is 15.9 Å². The van der Waals surface area contributed by atoms with Crippen LogP contribution in [0.3, 0.4) is 0 Å². The molecule has 0 fully saturated rings. The van der Waals surface area contributed by atoms with Crippen molar-refractivity contribution in [3.63, 3.8) is 0 Å². The van der Waals surface area contributed by atoms with Crippen LogP contribution in [0.1, 0.15) is 63.0 Å². The average Bonchev–Trinajstić information content (AvgIpc) is 2.68. The lowest BCUT2D eigenvalue weighted by Gasteiger charge is -2.15. The van der Waals surface area contributed by atoms with Crippen LogP contribution in [0.25, 0.3) is 0 Å². The van der Waals surface area contributed by atoms with E-state index in [1.54, 1.807) is 20.8 Å². The third kappa shape index (κ3) is 4.56. The van der Waals surface area contributed by atoms with Crippen LogP contribution in [0.2, 0.25) is 0 Å². The summed E-state index contributed by atoms with van der Waals surface area (Å²) in [5.41, 5.74) is 1.60. The van der Waals surface area contributed by atoms with Gasteiger partial charge < -0.3 is 4.52 Å². The van der Waals surface area contributed by atoms with Crippen molar-refractivity contribution in [2.24, 2.45) is 0 Å². The van der Waals surface area contributed by atoms with Gasteiger partial charge in [-0.2, -0.15) is 0 Å². The molecule has 0 bridgehead atoms. The first-order chi connectivity index (χ1) is 9.69. The maximum absolute atomic E-state index is 12.0. The Hall–Kier alpha value is -1.37. The van der Waals surface area contributed by atoms with Gasteiger partial charge in [-0.3, -0.25) is 9.52 Å². The minimum Gasteiger partial charge on any atom is -0.361 e. The number of nitrogens with one attached hydrogen (secondary N) is 1. The molecule has 2 atom stereocenters. The zero-order chi connectivity index (χ0) is 16.2. The minimum atomic E-state index is -3.59. The first-order valence-corrected chi connectivity index (χ1v) is 8.70. The molecule has 120 valence electrons. The molecule has 1 rings (SSSR count). The zero-order valence-corrected chi connectivity index (χ0v) is 14.1. The minimum absolute atomic E-state index is 0.0843. The summed E-state index contributed by atoms with van der Waals surface area (Å²) in [4.78, 5) is 12.0. The van der Waals surface area contributed by atoms with Crippen LogP contribution in [0.15, 0.2) is 4.52 Å². The Labute approximate surface area is 126 Å². The number of hydrogen-bond acceptors (Lipinski definition) is 5. The predicted molar refractivity (Wildman–Crippen MR) is 80.4 cm³/mol. The normalized spacial score (nSPS) is 14.7. The van der Waals surface area contributed by atoms with E-state index < -0.39 is 21.2 Å². The molecule has 0 saturated heterocycles. The number of amides is 1. The number of carbonyl (C=O) groups is 1. The third-order valence-electron chi connectivity index (χ3n) is 3.55. The number of carbonyl (C=O) groups excluding carboxylic acids is 1. The van der Waals surface area contributed by atoms with E-state index in [4.69, 9.17) is 4.52 Å². The summed E-state index contributed by atoms with van der Waals surface area (Å²) >= 11 is 0. The van der Waals surface area contributed by atoms with Gasteiger partial charge in [0.05, 0.1) is 10.9 Å². The fourth-order valence-corrected chi connectivity index (χ4v) is 3.58. The van der Waals surface area contributed by atoms with Gasteiger partial charge in [0.25, 0.3) is 0 Å². The van der Waals surface area contributed by atoms with E-state index in [9.17, 15) is 13.2 Å². The lowest BCUT2D eigenvalue weighted by Crippen LogP contribution is -2.37. The van der Waals surface area contributed by atoms with E-state index in [1.165, 1.54) is 0 Å². The Morgan fingerprint density at radius 3 is 2.43 bits per heavy atom. The fraction of sp³-hybridized carbons (Fsp3) is 0.714. The maximum atomic E-state index is 12.0. The van der Waals surface area contributed by atoms with Gasteiger partial charge in [-0.05, 0) is 33.1 Å². The molecule has 1 heterocycles. The highest BCUT2D eigenvalue weighted by molar-refractivity contribution is 7.90. The van der Waals surface area contributed by atoms with E-state index in [-0.39, 0.29) is 12.3 Å². The highest BCUT2D eigenvalue weighted by Crippen LogP contribution is 2.25. The lowest BCUT2D eigenvalue weighted by molar-refractivity contribution is -0.119. The number of aryl methyl sites for hydroxylation is 2. The van der Waals surface area contributed by atoms with Crippen LogP contribution >= 0.6 is 0 Å². The van der Waals surface area contributed by atoms with Crippen LogP contribution in [-0.4, -0.2) is 24.7 Å². The molecule has 1 aromatic rings. The summed E-state index contributed by atoms with van der Waals surface area (Å²) in [7, 11) is -3.59. The van der Waals surface area contributed by atoms with E-state index >= 15 is 0 Å². The SMILES string of the molecule is CCC[C@H](C)S(=O)(=O)NC(=O)C[C@@H](C)c1c(C)noc1C. The summed E-state index contributed by atoms with van der Waals surface area (Å²) in [6.07, 6.45) is 1.37. The highest BCUT2D eigenvalue weighted by atomic mass is 32.2. The smallest absolute Gasteiger partial charge is 0.237 e. The van der Waals surface area contributed by atoms with Crippen molar-refractivity contribution in [2.75, 3.05) is 0 Å². The second kappa shape index (κ2) is 7.06. The molecule has 21 heavy (non-hydrogen) atoms. The van der Waals surface area contributed by atoms with Gasteiger partial charge >= 0.3 is 0 Å². The molecular weight excluding hydrogens is 292 g/mol. The molecular formula is C14H24N2O4S. The van der Waals surface area contributed by atoms with Gasteiger partial charge in [-0.25, -0.2) is 8.42 Å². The Morgan fingerprint density at radius 1 is 1.33 bits per heavy atom. The first-order valence-electron chi connectivity index (χ1n) is 7.16. The monoisotopic (exact) mass is 316 g/mol. The molecule has 0 unspecified atom stereocenters. The van der Waals surface area contributed by atoms with Crippen molar-refractivity contribution >= 4 is 15.9 Å². The number of rotatable bonds is 7.